The lowest BCUT2D eigenvalue weighted by atomic mass is 10.1. The zero-order valence-corrected chi connectivity index (χ0v) is 11.5. The number of rotatable bonds is 3. The molecule has 0 aliphatic rings. The monoisotopic (exact) mass is 285 g/mol. The van der Waals surface area contributed by atoms with Crippen LogP contribution >= 0.6 is 10.7 Å². The van der Waals surface area contributed by atoms with Crippen molar-refractivity contribution in [2.75, 3.05) is 0 Å². The Morgan fingerprint density at radius 3 is 2.50 bits per heavy atom. The van der Waals surface area contributed by atoms with Gasteiger partial charge in [-0.2, -0.15) is 0 Å². The quantitative estimate of drug-likeness (QED) is 0.811. The first-order chi connectivity index (χ1) is 8.45. The lowest BCUT2D eigenvalue weighted by Crippen LogP contribution is -2.06. The first kappa shape index (κ1) is 13.0. The van der Waals surface area contributed by atoms with E-state index in [1.165, 1.54) is 4.57 Å². The predicted octanol–water partition coefficient (Wildman–Crippen LogP) is 2.20. The Balaban J connectivity index is 2.68. The average molecular weight is 286 g/mol. The summed E-state index contributed by atoms with van der Waals surface area (Å²) in [5.74, 6) is 0.509. The second kappa shape index (κ2) is 4.70. The average Bonchev–Trinajstić information content (AvgIpc) is 2.72. The van der Waals surface area contributed by atoms with E-state index in [9.17, 15) is 8.42 Å². The molecule has 0 spiro atoms. The number of halogens is 1. The van der Waals surface area contributed by atoms with Crippen molar-refractivity contribution < 1.29 is 8.42 Å². The second-order valence-electron chi connectivity index (χ2n) is 3.80. The smallest absolute Gasteiger partial charge is 0.296 e. The van der Waals surface area contributed by atoms with Crippen molar-refractivity contribution in [1.82, 2.24) is 14.8 Å². The maximum atomic E-state index is 11.4. The molecule has 0 radical (unpaired) electrons. The van der Waals surface area contributed by atoms with E-state index in [0.717, 1.165) is 11.1 Å². The molecule has 1 aromatic heterocycles. The van der Waals surface area contributed by atoms with Gasteiger partial charge in [0, 0.05) is 22.8 Å². The molecule has 7 heteroatoms. The van der Waals surface area contributed by atoms with E-state index in [4.69, 9.17) is 10.7 Å². The fraction of sp³-hybridized carbons (Fsp3) is 0.273. The van der Waals surface area contributed by atoms with Crippen LogP contribution in [0.25, 0.3) is 11.4 Å². The summed E-state index contributed by atoms with van der Waals surface area (Å²) in [5, 5.41) is 7.38. The summed E-state index contributed by atoms with van der Waals surface area (Å²) in [5.41, 5.74) is 1.84. The highest BCUT2D eigenvalue weighted by Crippen LogP contribution is 2.24. The van der Waals surface area contributed by atoms with Crippen LogP contribution in [0.2, 0.25) is 0 Å². The molecule has 0 fully saturated rings. The molecular weight excluding hydrogens is 274 g/mol. The van der Waals surface area contributed by atoms with Crippen LogP contribution in [-0.4, -0.2) is 23.2 Å². The summed E-state index contributed by atoms with van der Waals surface area (Å²) in [6.45, 7) is 4.17. The van der Waals surface area contributed by atoms with Crippen LogP contribution in [0.15, 0.2) is 29.4 Å². The van der Waals surface area contributed by atoms with E-state index in [2.05, 4.69) is 10.2 Å². The molecule has 1 aromatic carbocycles. The summed E-state index contributed by atoms with van der Waals surface area (Å²) >= 11 is 0. The fourth-order valence-corrected chi connectivity index (χ4v) is 2.74. The summed E-state index contributed by atoms with van der Waals surface area (Å²) in [6.07, 6.45) is 0. The molecule has 0 aliphatic heterocycles. The molecule has 2 rings (SSSR count). The Hall–Kier alpha value is -1.40. The lowest BCUT2D eigenvalue weighted by Gasteiger charge is -2.07. The van der Waals surface area contributed by atoms with E-state index in [-0.39, 0.29) is 5.16 Å². The van der Waals surface area contributed by atoms with Crippen LogP contribution in [0.4, 0.5) is 0 Å². The Kier molecular flexibility index (Phi) is 3.41. The third-order valence-corrected chi connectivity index (χ3v) is 3.79. The maximum Gasteiger partial charge on any atom is 0.296 e. The van der Waals surface area contributed by atoms with E-state index in [1.54, 1.807) is 0 Å². The minimum Gasteiger partial charge on any atom is -0.297 e. The van der Waals surface area contributed by atoms with Crippen molar-refractivity contribution in [3.63, 3.8) is 0 Å². The first-order valence-corrected chi connectivity index (χ1v) is 7.70. The highest BCUT2D eigenvalue weighted by Gasteiger charge is 2.22. The standard InChI is InChI=1S/C11H12ClN3O2S/c1-3-15-10(9-7-5-4-6-8(9)2)13-14-11(15)18(12,16)17/h4-7H,3H2,1-2H3. The minimum absolute atomic E-state index is 0.218. The van der Waals surface area contributed by atoms with Gasteiger partial charge in [0.2, 0.25) is 0 Å². The Morgan fingerprint density at radius 2 is 1.94 bits per heavy atom. The molecule has 0 bridgehead atoms. The summed E-state index contributed by atoms with van der Waals surface area (Å²) < 4.78 is 24.3. The predicted molar refractivity (Wildman–Crippen MR) is 68.9 cm³/mol. The lowest BCUT2D eigenvalue weighted by molar-refractivity contribution is 0.582. The molecule has 1 heterocycles. The van der Waals surface area contributed by atoms with Crippen molar-refractivity contribution >= 4 is 19.7 Å². The molecule has 0 saturated carbocycles. The SMILES string of the molecule is CCn1c(-c2ccccc2C)nnc1S(=O)(=O)Cl. The van der Waals surface area contributed by atoms with Crippen LogP contribution in [0.3, 0.4) is 0 Å². The number of nitrogens with zero attached hydrogens (tertiary/aromatic N) is 3. The fourth-order valence-electron chi connectivity index (χ4n) is 1.78. The second-order valence-corrected chi connectivity index (χ2v) is 6.26. The van der Waals surface area contributed by atoms with E-state index >= 15 is 0 Å². The molecular formula is C11H12ClN3O2S. The maximum absolute atomic E-state index is 11.4. The van der Waals surface area contributed by atoms with Crippen LogP contribution in [0.5, 0.6) is 0 Å². The van der Waals surface area contributed by atoms with Gasteiger partial charge in [0.15, 0.2) is 5.82 Å². The van der Waals surface area contributed by atoms with Crippen molar-refractivity contribution in [3.8, 4) is 11.4 Å². The Bertz CT molecular complexity index is 679. The zero-order valence-electron chi connectivity index (χ0n) is 9.96. The number of hydrogen-bond acceptors (Lipinski definition) is 4. The van der Waals surface area contributed by atoms with Gasteiger partial charge in [-0.05, 0) is 19.4 Å². The summed E-state index contributed by atoms with van der Waals surface area (Å²) in [6, 6.07) is 7.57. The molecule has 5 nitrogen and oxygen atoms in total. The highest BCUT2D eigenvalue weighted by molar-refractivity contribution is 8.13. The van der Waals surface area contributed by atoms with Gasteiger partial charge in [0.25, 0.3) is 14.2 Å². The first-order valence-electron chi connectivity index (χ1n) is 5.39. The van der Waals surface area contributed by atoms with Crippen molar-refractivity contribution in [2.45, 2.75) is 25.5 Å². The Labute approximate surface area is 110 Å². The Morgan fingerprint density at radius 1 is 1.28 bits per heavy atom. The van der Waals surface area contributed by atoms with Gasteiger partial charge in [-0.25, -0.2) is 8.42 Å². The molecule has 0 aliphatic carbocycles. The van der Waals surface area contributed by atoms with Crippen LogP contribution in [-0.2, 0) is 15.6 Å². The largest absolute Gasteiger partial charge is 0.297 e. The van der Waals surface area contributed by atoms with Gasteiger partial charge in [0.05, 0.1) is 0 Å². The van der Waals surface area contributed by atoms with Gasteiger partial charge in [-0.3, -0.25) is 4.57 Å². The number of hydrogen-bond donors (Lipinski definition) is 0. The molecule has 18 heavy (non-hydrogen) atoms. The van der Waals surface area contributed by atoms with Crippen LogP contribution in [0, 0.1) is 6.92 Å². The third-order valence-electron chi connectivity index (χ3n) is 2.64. The molecule has 96 valence electrons. The minimum atomic E-state index is -3.88. The van der Waals surface area contributed by atoms with E-state index < -0.39 is 9.05 Å². The van der Waals surface area contributed by atoms with E-state index in [1.807, 2.05) is 38.1 Å². The highest BCUT2D eigenvalue weighted by atomic mass is 35.7. The topological polar surface area (TPSA) is 64.8 Å². The van der Waals surface area contributed by atoms with Crippen LogP contribution < -0.4 is 0 Å². The van der Waals surface area contributed by atoms with Gasteiger partial charge in [-0.15, -0.1) is 10.2 Å². The summed E-state index contributed by atoms with van der Waals surface area (Å²) in [7, 11) is 1.45. The van der Waals surface area contributed by atoms with Crippen molar-refractivity contribution in [3.05, 3.63) is 29.8 Å². The number of aromatic nitrogens is 3. The molecule has 0 atom stereocenters. The molecule has 0 N–H and O–H groups in total. The number of benzene rings is 1. The van der Waals surface area contributed by atoms with Gasteiger partial charge < -0.3 is 0 Å². The zero-order chi connectivity index (χ0) is 13.3. The van der Waals surface area contributed by atoms with Gasteiger partial charge >= 0.3 is 0 Å². The normalized spacial score (nSPS) is 11.7. The van der Waals surface area contributed by atoms with E-state index in [0.29, 0.717) is 12.4 Å². The van der Waals surface area contributed by atoms with Crippen molar-refractivity contribution in [2.24, 2.45) is 0 Å². The van der Waals surface area contributed by atoms with Crippen LogP contribution in [0.1, 0.15) is 12.5 Å². The summed E-state index contributed by atoms with van der Waals surface area (Å²) in [4.78, 5) is 0. The molecule has 0 saturated heterocycles. The molecule has 0 unspecified atom stereocenters. The third kappa shape index (κ3) is 2.26. The molecule has 2 aromatic rings. The van der Waals surface area contributed by atoms with Crippen molar-refractivity contribution in [1.29, 1.82) is 0 Å². The van der Waals surface area contributed by atoms with Gasteiger partial charge in [-0.1, -0.05) is 24.3 Å². The number of aryl methyl sites for hydroxylation is 1. The molecule has 0 amide bonds. The van der Waals surface area contributed by atoms with Gasteiger partial charge in [0.1, 0.15) is 0 Å².